The molecule has 0 radical (unpaired) electrons. The van der Waals surface area contributed by atoms with Crippen LogP contribution in [0.15, 0.2) is 0 Å². The molecule has 8 heteroatoms. The van der Waals surface area contributed by atoms with Crippen LogP contribution >= 0.6 is 0 Å². The van der Waals surface area contributed by atoms with Crippen molar-refractivity contribution >= 4 is 18.0 Å². The Bertz CT molecular complexity index is 318. The quantitative estimate of drug-likeness (QED) is 0.557. The van der Waals surface area contributed by atoms with Gasteiger partial charge in [0.25, 0.3) is 0 Å². The summed E-state index contributed by atoms with van der Waals surface area (Å²) >= 11 is 0. The molecule has 0 aromatic carbocycles. The molecular formula is C18H42N2O6. The topological polar surface area (TPSA) is 103 Å². The van der Waals surface area contributed by atoms with Crippen molar-refractivity contribution in [3.8, 4) is 0 Å². The van der Waals surface area contributed by atoms with Crippen molar-refractivity contribution in [1.82, 2.24) is 10.6 Å². The number of rotatable bonds is 10. The summed E-state index contributed by atoms with van der Waals surface area (Å²) in [6.45, 7) is 6.04. The van der Waals surface area contributed by atoms with E-state index in [1.54, 1.807) is 6.92 Å². The third-order valence-corrected chi connectivity index (χ3v) is 2.56. The molecule has 160 valence electrons. The fourth-order valence-corrected chi connectivity index (χ4v) is 1.32. The summed E-state index contributed by atoms with van der Waals surface area (Å²) < 4.78 is 15.2. The molecule has 0 spiro atoms. The van der Waals surface area contributed by atoms with E-state index in [9.17, 15) is 14.4 Å². The van der Waals surface area contributed by atoms with E-state index in [1.807, 2.05) is 13.8 Å². The van der Waals surface area contributed by atoms with Gasteiger partial charge in [-0.3, -0.25) is 4.79 Å². The molecule has 0 aliphatic carbocycles. The monoisotopic (exact) mass is 382 g/mol. The Hall–Kier alpha value is -1.83. The number of Topliss-reactive ketones (excluding diaryl/α,β-unsaturated/α-hetero) is 1. The highest BCUT2D eigenvalue weighted by Gasteiger charge is 2.15. The largest absolute Gasteiger partial charge is 0.447 e. The zero-order valence-electron chi connectivity index (χ0n) is 14.8. The molecule has 0 aromatic heterocycles. The van der Waals surface area contributed by atoms with Crippen LogP contribution in [-0.4, -0.2) is 58.0 Å². The van der Waals surface area contributed by atoms with Crippen LogP contribution in [0.25, 0.3) is 0 Å². The Morgan fingerprint density at radius 1 is 0.885 bits per heavy atom. The van der Waals surface area contributed by atoms with Crippen LogP contribution in [-0.2, 0) is 19.0 Å². The molecular weight excluding hydrogens is 340 g/mol. The Labute approximate surface area is 160 Å². The van der Waals surface area contributed by atoms with Crippen LogP contribution in [0.4, 0.5) is 9.59 Å². The van der Waals surface area contributed by atoms with Gasteiger partial charge in [0.15, 0.2) is 0 Å². The maximum absolute atomic E-state index is 11.2. The third kappa shape index (κ3) is 22.2. The molecule has 0 aliphatic rings. The minimum absolute atomic E-state index is 0. The van der Waals surface area contributed by atoms with E-state index in [1.165, 1.54) is 14.1 Å². The highest BCUT2D eigenvalue weighted by Crippen LogP contribution is 2.01. The summed E-state index contributed by atoms with van der Waals surface area (Å²) in [7, 11) is 2.88. The lowest BCUT2D eigenvalue weighted by molar-refractivity contribution is -0.119. The lowest BCUT2D eigenvalue weighted by Crippen LogP contribution is -2.33. The fourth-order valence-electron chi connectivity index (χ4n) is 1.32. The van der Waals surface area contributed by atoms with Gasteiger partial charge in [-0.1, -0.05) is 43.1 Å². The van der Waals surface area contributed by atoms with Crippen molar-refractivity contribution in [2.75, 3.05) is 33.9 Å². The second kappa shape index (κ2) is 25.4. The zero-order valence-corrected chi connectivity index (χ0v) is 14.8. The van der Waals surface area contributed by atoms with Crippen molar-refractivity contribution in [2.24, 2.45) is 0 Å². The highest BCUT2D eigenvalue weighted by molar-refractivity contribution is 5.77. The minimum atomic E-state index is -0.593. The van der Waals surface area contributed by atoms with Gasteiger partial charge in [0.05, 0.1) is 0 Å². The van der Waals surface area contributed by atoms with Crippen LogP contribution in [0.3, 0.4) is 0 Å². The van der Waals surface area contributed by atoms with E-state index >= 15 is 0 Å². The van der Waals surface area contributed by atoms with Gasteiger partial charge in [-0.2, -0.15) is 0 Å². The SMILES string of the molecule is C.C.C.CC.CCC(=O)CCCOC(COC(=O)NC)COC(=O)NC. The molecule has 0 saturated carbocycles. The molecule has 0 heterocycles. The maximum Gasteiger partial charge on any atom is 0.406 e. The van der Waals surface area contributed by atoms with Crippen molar-refractivity contribution in [1.29, 1.82) is 0 Å². The van der Waals surface area contributed by atoms with Crippen molar-refractivity contribution in [3.05, 3.63) is 0 Å². The number of carbonyl (C=O) groups excluding carboxylic acids is 3. The Morgan fingerprint density at radius 2 is 1.31 bits per heavy atom. The van der Waals surface area contributed by atoms with E-state index in [-0.39, 0.29) is 41.3 Å². The van der Waals surface area contributed by atoms with E-state index in [4.69, 9.17) is 14.2 Å². The van der Waals surface area contributed by atoms with Crippen LogP contribution in [0.1, 0.15) is 62.3 Å². The molecule has 0 fully saturated rings. The number of alkyl carbamates (subject to hydrolysis) is 2. The van der Waals surface area contributed by atoms with E-state index in [0.717, 1.165) is 0 Å². The van der Waals surface area contributed by atoms with Gasteiger partial charge >= 0.3 is 12.2 Å². The van der Waals surface area contributed by atoms with Gasteiger partial charge in [0.1, 0.15) is 25.1 Å². The normalized spacial score (nSPS) is 8.38. The number of amides is 2. The minimum Gasteiger partial charge on any atom is -0.447 e. The Balaban J connectivity index is -0.000000283. The molecule has 2 amide bonds. The first kappa shape index (κ1) is 35.3. The molecule has 0 saturated heterocycles. The van der Waals surface area contributed by atoms with Gasteiger partial charge in [-0.15, -0.1) is 0 Å². The first-order chi connectivity index (χ1) is 11.0. The molecule has 2 N–H and O–H groups in total. The predicted octanol–water partition coefficient (Wildman–Crippen LogP) is 3.78. The standard InChI is InChI=1S/C13H24N2O6.C2H6.3CH4/c1-4-10(16)6-5-7-19-11(8-20-12(17)14-2)9-21-13(18)15-3;1-2;;;/h11H,4-9H2,1-3H3,(H,14,17)(H,15,18);1-2H3;3*1H4. The summed E-state index contributed by atoms with van der Waals surface area (Å²) in [6.07, 6.45) is -0.243. The summed E-state index contributed by atoms with van der Waals surface area (Å²) in [4.78, 5) is 33.2. The molecule has 0 bridgehead atoms. The van der Waals surface area contributed by atoms with E-state index in [2.05, 4.69) is 10.6 Å². The summed E-state index contributed by atoms with van der Waals surface area (Å²) in [5, 5.41) is 4.61. The highest BCUT2D eigenvalue weighted by atomic mass is 16.6. The molecule has 0 atom stereocenters. The van der Waals surface area contributed by atoms with E-state index in [0.29, 0.717) is 25.9 Å². The number of carbonyl (C=O) groups is 3. The Kier molecular flexibility index (Phi) is 34.5. The number of hydrogen-bond donors (Lipinski definition) is 2. The average molecular weight is 383 g/mol. The van der Waals surface area contributed by atoms with Gasteiger partial charge in [0, 0.05) is 33.5 Å². The molecule has 0 unspecified atom stereocenters. The zero-order chi connectivity index (χ0) is 18.1. The first-order valence-electron chi connectivity index (χ1n) is 7.85. The van der Waals surface area contributed by atoms with Gasteiger partial charge in [-0.25, -0.2) is 9.59 Å². The van der Waals surface area contributed by atoms with Crippen molar-refractivity contribution in [2.45, 2.75) is 68.4 Å². The molecule has 0 rings (SSSR count). The number of ether oxygens (including phenoxy) is 3. The first-order valence-corrected chi connectivity index (χ1v) is 7.85. The number of nitrogens with one attached hydrogen (secondary N) is 2. The van der Waals surface area contributed by atoms with Gasteiger partial charge in [0.2, 0.25) is 0 Å². The molecule has 0 aromatic rings. The lowest BCUT2D eigenvalue weighted by atomic mass is 10.2. The molecule has 26 heavy (non-hydrogen) atoms. The third-order valence-electron chi connectivity index (χ3n) is 2.56. The molecule has 0 aliphatic heterocycles. The van der Waals surface area contributed by atoms with E-state index < -0.39 is 18.3 Å². The van der Waals surface area contributed by atoms with Crippen molar-refractivity contribution < 1.29 is 28.6 Å². The second-order valence-corrected chi connectivity index (χ2v) is 4.19. The summed E-state index contributed by atoms with van der Waals surface area (Å²) in [6, 6.07) is 0. The number of ketones is 1. The van der Waals surface area contributed by atoms with Gasteiger partial charge < -0.3 is 24.8 Å². The smallest absolute Gasteiger partial charge is 0.406 e. The van der Waals surface area contributed by atoms with Crippen molar-refractivity contribution in [3.63, 3.8) is 0 Å². The predicted molar refractivity (Wildman–Crippen MR) is 107 cm³/mol. The maximum atomic E-state index is 11.2. The van der Waals surface area contributed by atoms with Crippen LogP contribution in [0, 0.1) is 0 Å². The summed E-state index contributed by atoms with van der Waals surface area (Å²) in [5.74, 6) is 0.165. The lowest BCUT2D eigenvalue weighted by Gasteiger charge is -2.17. The number of hydrogen-bond acceptors (Lipinski definition) is 6. The average Bonchev–Trinajstić information content (AvgIpc) is 2.60. The van der Waals surface area contributed by atoms with Crippen LogP contribution < -0.4 is 10.6 Å². The molecule has 8 nitrogen and oxygen atoms in total. The second-order valence-electron chi connectivity index (χ2n) is 4.19. The fraction of sp³-hybridized carbons (Fsp3) is 0.833. The van der Waals surface area contributed by atoms with Gasteiger partial charge in [-0.05, 0) is 6.42 Å². The summed E-state index contributed by atoms with van der Waals surface area (Å²) in [5.41, 5.74) is 0. The van der Waals surface area contributed by atoms with Crippen LogP contribution in [0.2, 0.25) is 0 Å². The van der Waals surface area contributed by atoms with Crippen LogP contribution in [0.5, 0.6) is 0 Å². The Morgan fingerprint density at radius 3 is 1.65 bits per heavy atom.